The molecule has 0 amide bonds. The van der Waals surface area contributed by atoms with E-state index in [1.54, 1.807) is 37.3 Å². The Balaban J connectivity index is 1.80. The van der Waals surface area contributed by atoms with Crippen LogP contribution in [-0.4, -0.2) is 21.0 Å². The maximum absolute atomic E-state index is 12.6. The molecular formula is C21H23NO4S. The van der Waals surface area contributed by atoms with Gasteiger partial charge in [0, 0.05) is 12.1 Å². The molecule has 0 saturated heterocycles. The molecule has 5 nitrogen and oxygen atoms in total. The van der Waals surface area contributed by atoms with E-state index in [1.165, 1.54) is 6.08 Å². The van der Waals surface area contributed by atoms with Gasteiger partial charge in [-0.15, -0.1) is 0 Å². The van der Waals surface area contributed by atoms with Gasteiger partial charge in [-0.1, -0.05) is 36.4 Å². The molecule has 142 valence electrons. The molecular weight excluding hydrogens is 362 g/mol. The third-order valence-electron chi connectivity index (χ3n) is 4.65. The molecule has 1 N–H and O–H groups in total. The average Bonchev–Trinajstić information content (AvgIpc) is 3.04. The summed E-state index contributed by atoms with van der Waals surface area (Å²) in [5, 5.41) is 0. The molecule has 3 rings (SSSR count). The van der Waals surface area contributed by atoms with E-state index in [4.69, 9.17) is 4.74 Å². The molecule has 0 fully saturated rings. The Morgan fingerprint density at radius 2 is 1.96 bits per heavy atom. The van der Waals surface area contributed by atoms with Crippen molar-refractivity contribution in [2.75, 3.05) is 6.61 Å². The fraction of sp³-hybridized carbons (Fsp3) is 0.286. The lowest BCUT2D eigenvalue weighted by Gasteiger charge is -2.15. The number of rotatable bonds is 6. The van der Waals surface area contributed by atoms with Crippen LogP contribution in [0.25, 0.3) is 5.57 Å². The largest absolute Gasteiger partial charge is 0.463 e. The highest BCUT2D eigenvalue weighted by Gasteiger charge is 2.27. The number of nitrogens with one attached hydrogen (secondary N) is 1. The highest BCUT2D eigenvalue weighted by Crippen LogP contribution is 2.34. The first-order chi connectivity index (χ1) is 12.9. The molecule has 2 aromatic rings. The van der Waals surface area contributed by atoms with Crippen LogP contribution in [0.1, 0.15) is 43.0 Å². The zero-order valence-corrected chi connectivity index (χ0v) is 16.3. The first-order valence-corrected chi connectivity index (χ1v) is 10.4. The summed E-state index contributed by atoms with van der Waals surface area (Å²) in [4.78, 5) is 11.9. The highest BCUT2D eigenvalue weighted by atomic mass is 32.2. The number of hydrogen-bond acceptors (Lipinski definition) is 4. The van der Waals surface area contributed by atoms with E-state index in [0.717, 1.165) is 28.7 Å². The summed E-state index contributed by atoms with van der Waals surface area (Å²) in [7, 11) is -3.56. The first kappa shape index (κ1) is 19.3. The highest BCUT2D eigenvalue weighted by molar-refractivity contribution is 7.89. The lowest BCUT2D eigenvalue weighted by atomic mass is 10.0. The van der Waals surface area contributed by atoms with Gasteiger partial charge in [0.2, 0.25) is 10.0 Å². The van der Waals surface area contributed by atoms with E-state index in [9.17, 15) is 13.2 Å². The lowest BCUT2D eigenvalue weighted by Crippen LogP contribution is -2.27. The maximum Gasteiger partial charge on any atom is 0.331 e. The fourth-order valence-electron chi connectivity index (χ4n) is 3.28. The Kier molecular flexibility index (Phi) is 5.77. The normalized spacial score (nSPS) is 16.8. The zero-order chi connectivity index (χ0) is 19.4. The van der Waals surface area contributed by atoms with Gasteiger partial charge in [0.05, 0.1) is 11.5 Å². The monoisotopic (exact) mass is 385 g/mol. The predicted octanol–water partition coefficient (Wildman–Crippen LogP) is 3.62. The van der Waals surface area contributed by atoms with Crippen molar-refractivity contribution in [3.8, 4) is 0 Å². The number of allylic oxidation sites excluding steroid dienone is 1. The number of hydrogen-bond donors (Lipinski definition) is 1. The summed E-state index contributed by atoms with van der Waals surface area (Å²) in [6, 6.07) is 14.0. The molecule has 27 heavy (non-hydrogen) atoms. The first-order valence-electron chi connectivity index (χ1n) is 8.96. The molecule has 0 saturated carbocycles. The number of sulfonamides is 1. The summed E-state index contributed by atoms with van der Waals surface area (Å²) < 4.78 is 32.9. The molecule has 6 heteroatoms. The topological polar surface area (TPSA) is 72.5 Å². The van der Waals surface area contributed by atoms with Crippen LogP contribution in [0.2, 0.25) is 0 Å². The molecule has 0 bridgehead atoms. The van der Waals surface area contributed by atoms with Gasteiger partial charge in [0.25, 0.3) is 0 Å². The van der Waals surface area contributed by atoms with Gasteiger partial charge in [-0.25, -0.2) is 17.9 Å². The van der Waals surface area contributed by atoms with Crippen molar-refractivity contribution >= 4 is 21.6 Å². The van der Waals surface area contributed by atoms with Gasteiger partial charge in [-0.05, 0) is 61.1 Å². The van der Waals surface area contributed by atoms with Gasteiger partial charge >= 0.3 is 5.97 Å². The Morgan fingerprint density at radius 1 is 1.22 bits per heavy atom. The standard InChI is InChI=1S/C21H23NO4S/c1-3-26-21(23)13-15(2)16-9-11-19-17(14-16)10-12-20(19)22-27(24,25)18-7-5-4-6-8-18/h4-9,11,13-14,20,22H,3,10,12H2,1-2H3. The quantitative estimate of drug-likeness (QED) is 0.609. The van der Waals surface area contributed by atoms with Gasteiger partial charge in [0.15, 0.2) is 0 Å². The molecule has 1 aliphatic carbocycles. The molecule has 1 aliphatic rings. The van der Waals surface area contributed by atoms with Crippen molar-refractivity contribution in [3.63, 3.8) is 0 Å². The minimum atomic E-state index is -3.56. The minimum Gasteiger partial charge on any atom is -0.463 e. The smallest absolute Gasteiger partial charge is 0.331 e. The third kappa shape index (κ3) is 4.46. The molecule has 0 radical (unpaired) electrons. The SMILES string of the molecule is CCOC(=O)C=C(C)c1ccc2c(c1)CCC2NS(=O)(=O)c1ccccc1. The van der Waals surface area contributed by atoms with Crippen LogP contribution >= 0.6 is 0 Å². The average molecular weight is 385 g/mol. The molecule has 1 unspecified atom stereocenters. The molecule has 0 spiro atoms. The van der Waals surface area contributed by atoms with E-state index >= 15 is 0 Å². The zero-order valence-electron chi connectivity index (χ0n) is 15.4. The second kappa shape index (κ2) is 8.06. The Labute approximate surface area is 160 Å². The second-order valence-electron chi connectivity index (χ2n) is 6.52. The fourth-order valence-corrected chi connectivity index (χ4v) is 4.56. The molecule has 0 heterocycles. The van der Waals surface area contributed by atoms with E-state index in [0.29, 0.717) is 13.0 Å². The van der Waals surface area contributed by atoms with Crippen molar-refractivity contribution in [2.24, 2.45) is 0 Å². The van der Waals surface area contributed by atoms with Crippen LogP contribution in [0.4, 0.5) is 0 Å². The Hall–Kier alpha value is -2.44. The summed E-state index contributed by atoms with van der Waals surface area (Å²) >= 11 is 0. The van der Waals surface area contributed by atoms with Gasteiger partial charge in [-0.2, -0.15) is 0 Å². The molecule has 0 aliphatic heterocycles. The number of carbonyl (C=O) groups excluding carboxylic acids is 1. The van der Waals surface area contributed by atoms with Crippen LogP contribution in [-0.2, 0) is 26.0 Å². The third-order valence-corrected chi connectivity index (χ3v) is 6.14. The van der Waals surface area contributed by atoms with Crippen molar-refractivity contribution in [3.05, 3.63) is 71.3 Å². The predicted molar refractivity (Wildman–Crippen MR) is 105 cm³/mol. The van der Waals surface area contributed by atoms with Gasteiger partial charge in [-0.3, -0.25) is 0 Å². The van der Waals surface area contributed by atoms with Gasteiger partial charge < -0.3 is 4.74 Å². The van der Waals surface area contributed by atoms with E-state index < -0.39 is 10.0 Å². The van der Waals surface area contributed by atoms with E-state index in [2.05, 4.69) is 4.72 Å². The van der Waals surface area contributed by atoms with Crippen molar-refractivity contribution < 1.29 is 17.9 Å². The Bertz CT molecular complexity index is 965. The van der Waals surface area contributed by atoms with Crippen LogP contribution in [0.5, 0.6) is 0 Å². The number of esters is 1. The van der Waals surface area contributed by atoms with Crippen molar-refractivity contribution in [2.45, 2.75) is 37.6 Å². The molecule has 2 aromatic carbocycles. The van der Waals surface area contributed by atoms with Crippen molar-refractivity contribution in [1.29, 1.82) is 0 Å². The second-order valence-corrected chi connectivity index (χ2v) is 8.23. The van der Waals surface area contributed by atoms with Crippen LogP contribution in [0, 0.1) is 0 Å². The lowest BCUT2D eigenvalue weighted by molar-refractivity contribution is -0.137. The minimum absolute atomic E-state index is 0.242. The van der Waals surface area contributed by atoms with E-state index in [-0.39, 0.29) is 16.9 Å². The number of ether oxygens (including phenoxy) is 1. The van der Waals surface area contributed by atoms with E-state index in [1.807, 2.05) is 25.1 Å². The number of benzene rings is 2. The number of aryl methyl sites for hydroxylation is 1. The maximum atomic E-state index is 12.6. The van der Waals surface area contributed by atoms with Crippen LogP contribution in [0.15, 0.2) is 59.5 Å². The molecule has 1 atom stereocenters. The summed E-state index contributed by atoms with van der Waals surface area (Å²) in [6.07, 6.45) is 2.99. The van der Waals surface area contributed by atoms with Crippen LogP contribution in [0.3, 0.4) is 0 Å². The Morgan fingerprint density at radius 3 is 2.67 bits per heavy atom. The van der Waals surface area contributed by atoms with Gasteiger partial charge in [0.1, 0.15) is 0 Å². The number of carbonyl (C=O) groups is 1. The summed E-state index contributed by atoms with van der Waals surface area (Å²) in [5.41, 5.74) is 3.85. The van der Waals surface area contributed by atoms with Crippen LogP contribution < -0.4 is 4.72 Å². The summed E-state index contributed by atoms with van der Waals surface area (Å²) in [6.45, 7) is 3.98. The molecule has 0 aromatic heterocycles. The summed E-state index contributed by atoms with van der Waals surface area (Å²) in [5.74, 6) is -0.357. The number of fused-ring (bicyclic) bond motifs is 1. The van der Waals surface area contributed by atoms with Crippen molar-refractivity contribution in [1.82, 2.24) is 4.72 Å².